The van der Waals surface area contributed by atoms with Crippen molar-refractivity contribution in [1.29, 1.82) is 0 Å². The smallest absolute Gasteiger partial charge is 0.244 e. The van der Waals surface area contributed by atoms with Crippen molar-refractivity contribution in [3.63, 3.8) is 0 Å². The number of hydrogen-bond donors (Lipinski definition) is 6. The Morgan fingerprint density at radius 3 is 1.94 bits per heavy atom. The zero-order valence-corrected chi connectivity index (χ0v) is 20.5. The van der Waals surface area contributed by atoms with E-state index in [1.165, 1.54) is 0 Å². The molecule has 0 aromatic rings. The summed E-state index contributed by atoms with van der Waals surface area (Å²) in [7, 11) is 0. The molecule has 4 amide bonds. The third kappa shape index (κ3) is 14.7. The molecule has 0 spiro atoms. The Labute approximate surface area is 192 Å². The summed E-state index contributed by atoms with van der Waals surface area (Å²) in [6.07, 6.45) is 4.29. The molecule has 3 atom stereocenters. The Morgan fingerprint density at radius 1 is 0.812 bits per heavy atom. The molecular weight excluding hydrogens is 414 g/mol. The van der Waals surface area contributed by atoms with E-state index >= 15 is 0 Å². The fraction of sp³-hybridized carbons (Fsp3) is 0.818. The van der Waals surface area contributed by atoms with E-state index in [0.29, 0.717) is 38.8 Å². The van der Waals surface area contributed by atoms with Gasteiger partial charge in [0.1, 0.15) is 12.1 Å². The lowest BCUT2D eigenvalue weighted by Gasteiger charge is -2.21. The van der Waals surface area contributed by atoms with Crippen LogP contribution in [0.1, 0.15) is 79.6 Å². The lowest BCUT2D eigenvalue weighted by molar-refractivity contribution is -0.132. The zero-order chi connectivity index (χ0) is 24.9. The number of carbonyl (C=O) groups is 4. The van der Waals surface area contributed by atoms with Gasteiger partial charge in [0.25, 0.3) is 0 Å². The number of amides is 4. The number of hydrogen-bond acceptors (Lipinski definition) is 6. The molecule has 32 heavy (non-hydrogen) atoms. The van der Waals surface area contributed by atoms with Crippen LogP contribution in [-0.2, 0) is 19.2 Å². The second-order valence-electron chi connectivity index (χ2n) is 7.16. The summed E-state index contributed by atoms with van der Waals surface area (Å²) in [5.41, 5.74) is 5.84. The first-order valence-corrected chi connectivity index (χ1v) is 11.8. The van der Waals surface area contributed by atoms with Crippen molar-refractivity contribution in [1.82, 2.24) is 21.3 Å². The monoisotopic (exact) mass is 459 g/mol. The number of nitrogens with one attached hydrogen (secondary N) is 4. The van der Waals surface area contributed by atoms with E-state index in [1.54, 1.807) is 13.8 Å². The van der Waals surface area contributed by atoms with Gasteiger partial charge in [-0.2, -0.15) is 0 Å². The maximum absolute atomic E-state index is 12.2. The van der Waals surface area contributed by atoms with Crippen molar-refractivity contribution >= 4 is 23.6 Å². The lowest BCUT2D eigenvalue weighted by atomic mass is 10.1. The van der Waals surface area contributed by atoms with E-state index in [1.807, 2.05) is 20.8 Å². The van der Waals surface area contributed by atoms with Crippen molar-refractivity contribution < 1.29 is 24.3 Å². The molecule has 0 saturated carbocycles. The normalized spacial score (nSPS) is 13.0. The van der Waals surface area contributed by atoms with Crippen LogP contribution in [0.25, 0.3) is 0 Å². The van der Waals surface area contributed by atoms with E-state index in [-0.39, 0.29) is 18.2 Å². The molecule has 10 nitrogen and oxygen atoms in total. The molecule has 0 aliphatic rings. The largest absolute Gasteiger partial charge is 0.394 e. The van der Waals surface area contributed by atoms with Crippen molar-refractivity contribution in [2.75, 3.05) is 19.7 Å². The van der Waals surface area contributed by atoms with Gasteiger partial charge in [-0.15, -0.1) is 0 Å². The minimum absolute atomic E-state index is 0.170. The minimum Gasteiger partial charge on any atom is -0.394 e. The van der Waals surface area contributed by atoms with Gasteiger partial charge in [-0.05, 0) is 32.1 Å². The van der Waals surface area contributed by atoms with Gasteiger partial charge >= 0.3 is 0 Å². The standard InChI is InChI=1S/C20H39N5O5.C2H6/c1-4-7-11-22-18(28)14(21)10-8-9-12-23-19(29)16(13-26)25-20(30)15(5-2)24-17(27)6-3;1-2/h14-16,26H,4-13,21H2,1-3H3,(H,22,28)(H,23,29)(H,24,27)(H,25,30);1-2H3/t14-,15-,16?;/m0./s1. The third-order valence-corrected chi connectivity index (χ3v) is 4.60. The molecule has 0 aliphatic heterocycles. The fourth-order valence-electron chi connectivity index (χ4n) is 2.59. The van der Waals surface area contributed by atoms with Crippen molar-refractivity contribution in [2.45, 2.75) is 97.7 Å². The van der Waals surface area contributed by atoms with E-state index < -0.39 is 36.5 Å². The van der Waals surface area contributed by atoms with Gasteiger partial charge in [0.05, 0.1) is 12.6 Å². The minimum atomic E-state index is -1.10. The third-order valence-electron chi connectivity index (χ3n) is 4.60. The number of unbranched alkanes of at least 4 members (excludes halogenated alkanes) is 2. The van der Waals surface area contributed by atoms with Gasteiger partial charge in [0.15, 0.2) is 0 Å². The molecule has 0 radical (unpaired) electrons. The summed E-state index contributed by atoms with van der Waals surface area (Å²) >= 11 is 0. The molecule has 1 unspecified atom stereocenters. The number of carbonyl (C=O) groups excluding carboxylic acids is 4. The summed E-state index contributed by atoms with van der Waals surface area (Å²) in [6, 6.07) is -2.44. The van der Waals surface area contributed by atoms with Crippen molar-refractivity contribution in [3.05, 3.63) is 0 Å². The SMILES string of the molecule is CC.CCCCNC(=O)[C@@H](N)CCCCNC(=O)C(CO)NC(=O)[C@H](CC)NC(=O)CC. The molecule has 7 N–H and O–H groups in total. The average Bonchev–Trinajstić information content (AvgIpc) is 2.81. The predicted octanol–water partition coefficient (Wildman–Crippen LogP) is 0.325. The first kappa shape index (κ1) is 32.0. The maximum atomic E-state index is 12.2. The van der Waals surface area contributed by atoms with Crippen LogP contribution in [0.5, 0.6) is 0 Å². The zero-order valence-electron chi connectivity index (χ0n) is 20.5. The summed E-state index contributed by atoms with van der Waals surface area (Å²) in [5, 5.41) is 19.9. The Kier molecular flexibility index (Phi) is 20.7. The highest BCUT2D eigenvalue weighted by Crippen LogP contribution is 2.00. The molecule has 0 heterocycles. The van der Waals surface area contributed by atoms with E-state index in [4.69, 9.17) is 5.73 Å². The van der Waals surface area contributed by atoms with Gasteiger partial charge in [0, 0.05) is 19.5 Å². The molecule has 0 rings (SSSR count). The Bertz CT molecular complexity index is 545. The van der Waals surface area contributed by atoms with Crippen molar-refractivity contribution in [2.24, 2.45) is 5.73 Å². The Hall–Kier alpha value is -2.20. The highest BCUT2D eigenvalue weighted by atomic mass is 16.3. The summed E-state index contributed by atoms with van der Waals surface area (Å²) in [5.74, 6) is -1.46. The van der Waals surface area contributed by atoms with Gasteiger partial charge < -0.3 is 32.1 Å². The van der Waals surface area contributed by atoms with Gasteiger partial charge in [-0.1, -0.05) is 41.0 Å². The number of aliphatic hydroxyl groups is 1. The number of aliphatic hydroxyl groups excluding tert-OH is 1. The van der Waals surface area contributed by atoms with Crippen molar-refractivity contribution in [3.8, 4) is 0 Å². The molecule has 10 heteroatoms. The fourth-order valence-corrected chi connectivity index (χ4v) is 2.59. The maximum Gasteiger partial charge on any atom is 0.244 e. The molecule has 0 saturated heterocycles. The Morgan fingerprint density at radius 2 is 1.41 bits per heavy atom. The van der Waals surface area contributed by atoms with Crippen LogP contribution < -0.4 is 27.0 Å². The molecule has 0 aromatic carbocycles. The van der Waals surface area contributed by atoms with Crippen LogP contribution in [0.15, 0.2) is 0 Å². The Balaban J connectivity index is 0. The summed E-state index contributed by atoms with van der Waals surface area (Å²) in [4.78, 5) is 47.7. The van der Waals surface area contributed by atoms with Crippen LogP contribution in [0.2, 0.25) is 0 Å². The first-order valence-electron chi connectivity index (χ1n) is 11.8. The number of nitrogens with two attached hydrogens (primary N) is 1. The second-order valence-corrected chi connectivity index (χ2v) is 7.16. The van der Waals surface area contributed by atoms with Crippen LogP contribution in [0.3, 0.4) is 0 Å². The highest BCUT2D eigenvalue weighted by Gasteiger charge is 2.24. The molecule has 0 fully saturated rings. The molecule has 0 aliphatic carbocycles. The molecule has 0 bridgehead atoms. The van der Waals surface area contributed by atoms with E-state index in [0.717, 1.165) is 12.8 Å². The van der Waals surface area contributed by atoms with E-state index in [2.05, 4.69) is 21.3 Å². The summed E-state index contributed by atoms with van der Waals surface area (Å²) in [6.45, 7) is 9.85. The molecular formula is C22H45N5O5. The highest BCUT2D eigenvalue weighted by molar-refractivity contribution is 5.92. The topological polar surface area (TPSA) is 163 Å². The van der Waals surface area contributed by atoms with Gasteiger partial charge in [-0.3, -0.25) is 19.2 Å². The van der Waals surface area contributed by atoms with Crippen LogP contribution in [0.4, 0.5) is 0 Å². The van der Waals surface area contributed by atoms with Crippen LogP contribution in [0, 0.1) is 0 Å². The molecule has 0 aromatic heterocycles. The average molecular weight is 460 g/mol. The predicted molar refractivity (Wildman–Crippen MR) is 126 cm³/mol. The summed E-state index contributed by atoms with van der Waals surface area (Å²) < 4.78 is 0. The second kappa shape index (κ2) is 20.7. The van der Waals surface area contributed by atoms with E-state index in [9.17, 15) is 24.3 Å². The first-order chi connectivity index (χ1) is 15.3. The van der Waals surface area contributed by atoms with Gasteiger partial charge in [-0.25, -0.2) is 0 Å². The quantitative estimate of drug-likeness (QED) is 0.182. The van der Waals surface area contributed by atoms with Gasteiger partial charge in [0.2, 0.25) is 23.6 Å². The lowest BCUT2D eigenvalue weighted by Crippen LogP contribution is -2.54. The molecule has 188 valence electrons. The number of rotatable bonds is 16. The van der Waals surface area contributed by atoms with Crippen LogP contribution in [-0.4, -0.2) is 66.6 Å². The van der Waals surface area contributed by atoms with Crippen LogP contribution >= 0.6 is 0 Å².